The van der Waals surface area contributed by atoms with Gasteiger partial charge in [-0.3, -0.25) is 4.99 Å². The molecule has 0 spiro atoms. The maximum atomic E-state index is 4.57. The topological polar surface area (TPSA) is 24.4 Å². The first kappa shape index (κ1) is 9.88. The Hall–Kier alpha value is -1.31. The van der Waals surface area contributed by atoms with E-state index in [1.54, 1.807) is 5.56 Å². The molecule has 1 heterocycles. The fourth-order valence-electron chi connectivity index (χ4n) is 2.93. The van der Waals surface area contributed by atoms with E-state index in [2.05, 4.69) is 36.3 Å². The van der Waals surface area contributed by atoms with Crippen LogP contribution in [-0.4, -0.2) is 18.9 Å². The van der Waals surface area contributed by atoms with E-state index in [1.165, 1.54) is 35.4 Å². The maximum Gasteiger partial charge on any atom is 0.104 e. The molecule has 0 bridgehead atoms. The average Bonchev–Trinajstić information content (AvgIpc) is 2.91. The van der Waals surface area contributed by atoms with Gasteiger partial charge in [0.1, 0.15) is 5.84 Å². The average molecular weight is 214 g/mol. The normalized spacial score (nSPS) is 22.9. The summed E-state index contributed by atoms with van der Waals surface area (Å²) in [5.41, 5.74) is 5.98. The Bertz CT molecular complexity index is 460. The van der Waals surface area contributed by atoms with E-state index >= 15 is 0 Å². The first-order valence-corrected chi connectivity index (χ1v) is 6.14. The molecule has 1 aliphatic heterocycles. The number of nitrogens with one attached hydrogen (secondary N) is 1. The van der Waals surface area contributed by atoms with E-state index in [-0.39, 0.29) is 0 Å². The van der Waals surface area contributed by atoms with Crippen molar-refractivity contribution in [3.63, 3.8) is 0 Å². The van der Waals surface area contributed by atoms with Gasteiger partial charge in [0.05, 0.1) is 6.54 Å². The third-order valence-electron chi connectivity index (χ3n) is 3.99. The lowest BCUT2D eigenvalue weighted by Crippen LogP contribution is -2.24. The Balaban J connectivity index is 2.03. The SMILES string of the molecule is Cc1ccc2c(c1C)CCC2C1=NCCN1. The van der Waals surface area contributed by atoms with Crippen molar-refractivity contribution in [3.8, 4) is 0 Å². The molecule has 0 saturated carbocycles. The summed E-state index contributed by atoms with van der Waals surface area (Å²) >= 11 is 0. The molecule has 1 aromatic rings. The van der Waals surface area contributed by atoms with Gasteiger partial charge in [-0.2, -0.15) is 0 Å². The van der Waals surface area contributed by atoms with Gasteiger partial charge in [-0.05, 0) is 48.9 Å². The molecule has 1 aliphatic carbocycles. The minimum absolute atomic E-state index is 0.539. The highest BCUT2D eigenvalue weighted by Crippen LogP contribution is 2.36. The maximum absolute atomic E-state index is 4.57. The minimum Gasteiger partial charge on any atom is -0.371 e. The van der Waals surface area contributed by atoms with Gasteiger partial charge in [0.25, 0.3) is 0 Å². The van der Waals surface area contributed by atoms with Gasteiger partial charge < -0.3 is 5.32 Å². The van der Waals surface area contributed by atoms with Crippen molar-refractivity contribution in [1.29, 1.82) is 0 Å². The van der Waals surface area contributed by atoms with Crippen LogP contribution in [0.5, 0.6) is 0 Å². The molecule has 2 heteroatoms. The molecule has 1 atom stereocenters. The lowest BCUT2D eigenvalue weighted by molar-refractivity contribution is 0.821. The van der Waals surface area contributed by atoms with E-state index in [4.69, 9.17) is 0 Å². The van der Waals surface area contributed by atoms with E-state index in [0.717, 1.165) is 13.1 Å². The highest BCUT2D eigenvalue weighted by Gasteiger charge is 2.29. The molecular weight excluding hydrogens is 196 g/mol. The van der Waals surface area contributed by atoms with Crippen molar-refractivity contribution in [2.24, 2.45) is 4.99 Å². The fraction of sp³-hybridized carbons (Fsp3) is 0.500. The summed E-state index contributed by atoms with van der Waals surface area (Å²) in [4.78, 5) is 4.57. The lowest BCUT2D eigenvalue weighted by Gasteiger charge is -2.13. The highest BCUT2D eigenvalue weighted by molar-refractivity contribution is 5.91. The van der Waals surface area contributed by atoms with Gasteiger partial charge in [0.2, 0.25) is 0 Å². The van der Waals surface area contributed by atoms with Crippen LogP contribution in [0.15, 0.2) is 17.1 Å². The number of benzene rings is 1. The second-order valence-electron chi connectivity index (χ2n) is 4.86. The number of hydrogen-bond acceptors (Lipinski definition) is 2. The summed E-state index contributed by atoms with van der Waals surface area (Å²) in [6, 6.07) is 4.56. The number of aliphatic imine (C=N–C) groups is 1. The molecule has 1 aromatic carbocycles. The Morgan fingerprint density at radius 2 is 2.19 bits per heavy atom. The summed E-state index contributed by atoms with van der Waals surface area (Å²) in [6.07, 6.45) is 2.44. The van der Waals surface area contributed by atoms with Gasteiger partial charge in [-0.25, -0.2) is 0 Å². The smallest absolute Gasteiger partial charge is 0.104 e. The molecule has 16 heavy (non-hydrogen) atoms. The number of amidine groups is 1. The predicted molar refractivity (Wildman–Crippen MR) is 67.3 cm³/mol. The Kier molecular flexibility index (Phi) is 2.23. The van der Waals surface area contributed by atoms with Gasteiger partial charge in [-0.1, -0.05) is 12.1 Å². The van der Waals surface area contributed by atoms with Crippen LogP contribution >= 0.6 is 0 Å². The third kappa shape index (κ3) is 1.36. The lowest BCUT2D eigenvalue weighted by atomic mass is 9.95. The van der Waals surface area contributed by atoms with Crippen LogP contribution in [0.25, 0.3) is 0 Å². The standard InChI is InChI=1S/C14H18N2/c1-9-3-4-12-11(10(9)2)5-6-13(12)14-15-7-8-16-14/h3-4,13H,5-8H2,1-2H3,(H,15,16). The largest absolute Gasteiger partial charge is 0.371 e. The van der Waals surface area contributed by atoms with Crippen LogP contribution in [0.4, 0.5) is 0 Å². The molecule has 0 amide bonds. The molecule has 3 rings (SSSR count). The quantitative estimate of drug-likeness (QED) is 0.762. The fourth-order valence-corrected chi connectivity index (χ4v) is 2.93. The summed E-state index contributed by atoms with van der Waals surface area (Å²) in [5, 5.41) is 3.42. The number of fused-ring (bicyclic) bond motifs is 1. The van der Waals surface area contributed by atoms with Crippen molar-refractivity contribution < 1.29 is 0 Å². The molecule has 0 aromatic heterocycles. The summed E-state index contributed by atoms with van der Waals surface area (Å²) in [5.74, 6) is 1.76. The Morgan fingerprint density at radius 3 is 2.94 bits per heavy atom. The van der Waals surface area contributed by atoms with E-state index < -0.39 is 0 Å². The van der Waals surface area contributed by atoms with Gasteiger partial charge in [0, 0.05) is 12.5 Å². The monoisotopic (exact) mass is 214 g/mol. The Morgan fingerprint density at radius 1 is 1.31 bits per heavy atom. The second-order valence-corrected chi connectivity index (χ2v) is 4.86. The molecule has 0 fully saturated rings. The van der Waals surface area contributed by atoms with Crippen LogP contribution in [-0.2, 0) is 6.42 Å². The van der Waals surface area contributed by atoms with Crippen LogP contribution in [0.3, 0.4) is 0 Å². The highest BCUT2D eigenvalue weighted by atomic mass is 15.1. The molecular formula is C14H18N2. The van der Waals surface area contributed by atoms with Crippen molar-refractivity contribution in [2.45, 2.75) is 32.6 Å². The third-order valence-corrected chi connectivity index (χ3v) is 3.99. The summed E-state index contributed by atoms with van der Waals surface area (Å²) in [7, 11) is 0. The van der Waals surface area contributed by atoms with Crippen LogP contribution in [0, 0.1) is 13.8 Å². The molecule has 1 unspecified atom stereocenters. The predicted octanol–water partition coefficient (Wildman–Crippen LogP) is 2.33. The summed E-state index contributed by atoms with van der Waals surface area (Å²) in [6.45, 7) is 6.42. The first-order chi connectivity index (χ1) is 7.77. The second kappa shape index (κ2) is 3.62. The molecule has 0 saturated heterocycles. The van der Waals surface area contributed by atoms with Crippen LogP contribution in [0.2, 0.25) is 0 Å². The molecule has 1 N–H and O–H groups in total. The van der Waals surface area contributed by atoms with Crippen molar-refractivity contribution in [1.82, 2.24) is 5.32 Å². The molecule has 2 aliphatic rings. The van der Waals surface area contributed by atoms with Crippen LogP contribution in [0.1, 0.15) is 34.6 Å². The Labute approximate surface area is 96.8 Å². The van der Waals surface area contributed by atoms with Crippen LogP contribution < -0.4 is 5.32 Å². The molecule has 2 nitrogen and oxygen atoms in total. The zero-order valence-electron chi connectivity index (χ0n) is 10.0. The van der Waals surface area contributed by atoms with E-state index in [9.17, 15) is 0 Å². The van der Waals surface area contributed by atoms with Gasteiger partial charge >= 0.3 is 0 Å². The van der Waals surface area contributed by atoms with Gasteiger partial charge in [0.15, 0.2) is 0 Å². The van der Waals surface area contributed by atoms with Gasteiger partial charge in [-0.15, -0.1) is 0 Å². The zero-order chi connectivity index (χ0) is 11.1. The van der Waals surface area contributed by atoms with E-state index in [1.807, 2.05) is 0 Å². The summed E-state index contributed by atoms with van der Waals surface area (Å²) < 4.78 is 0. The number of hydrogen-bond donors (Lipinski definition) is 1. The molecule has 0 radical (unpaired) electrons. The van der Waals surface area contributed by atoms with Crippen molar-refractivity contribution in [2.75, 3.05) is 13.1 Å². The number of aryl methyl sites for hydroxylation is 1. The first-order valence-electron chi connectivity index (χ1n) is 6.14. The molecule has 84 valence electrons. The minimum atomic E-state index is 0.539. The number of nitrogens with zero attached hydrogens (tertiary/aromatic N) is 1. The van der Waals surface area contributed by atoms with Crippen molar-refractivity contribution in [3.05, 3.63) is 34.4 Å². The zero-order valence-corrected chi connectivity index (χ0v) is 10.0. The van der Waals surface area contributed by atoms with E-state index in [0.29, 0.717) is 5.92 Å². The van der Waals surface area contributed by atoms with Crippen molar-refractivity contribution >= 4 is 5.84 Å². The number of rotatable bonds is 1.